The molecular weight excluding hydrogens is 330 g/mol. The fraction of sp³-hybridized carbons (Fsp3) is 0.333. The summed E-state index contributed by atoms with van der Waals surface area (Å²) < 4.78 is 28.2. The summed E-state index contributed by atoms with van der Waals surface area (Å²) in [6, 6.07) is 7.55. The van der Waals surface area contributed by atoms with Gasteiger partial charge in [-0.3, -0.25) is 9.48 Å². The van der Waals surface area contributed by atoms with E-state index in [2.05, 4.69) is 20.5 Å². The summed E-state index contributed by atoms with van der Waals surface area (Å²) in [6.45, 7) is 0.287. The summed E-state index contributed by atoms with van der Waals surface area (Å²) in [6.07, 6.45) is 3.36. The van der Waals surface area contributed by atoms with Crippen LogP contribution in [0.25, 0.3) is 0 Å². The number of likely N-dealkylation sites (N-methyl/N-ethyl adjacent to an activating group) is 1. The van der Waals surface area contributed by atoms with Crippen molar-refractivity contribution in [3.63, 3.8) is 0 Å². The number of nitrogens with zero attached hydrogens (tertiary/aromatic N) is 2. The quantitative estimate of drug-likeness (QED) is 0.570. The van der Waals surface area contributed by atoms with Crippen molar-refractivity contribution >= 4 is 15.9 Å². The zero-order valence-electron chi connectivity index (χ0n) is 13.6. The van der Waals surface area contributed by atoms with Gasteiger partial charge in [-0.05, 0) is 19.2 Å². The Balaban J connectivity index is 1.84. The maximum absolute atomic E-state index is 12.2. The van der Waals surface area contributed by atoms with Gasteiger partial charge in [-0.25, -0.2) is 13.1 Å². The first kappa shape index (κ1) is 18.1. The molecule has 0 aliphatic rings. The summed E-state index contributed by atoms with van der Waals surface area (Å²) in [4.78, 5) is 12.4. The molecule has 0 saturated carbocycles. The normalized spacial score (nSPS) is 12.8. The van der Waals surface area contributed by atoms with Crippen LogP contribution >= 0.6 is 0 Å². The minimum Gasteiger partial charge on any atom is -0.353 e. The van der Waals surface area contributed by atoms with E-state index >= 15 is 0 Å². The Bertz CT molecular complexity index is 773. The first-order valence-corrected chi connectivity index (χ1v) is 8.90. The zero-order chi connectivity index (χ0) is 17.6. The highest BCUT2D eigenvalue weighted by molar-refractivity contribution is 7.89. The molecule has 0 bridgehead atoms. The molecule has 2 aromatic rings. The number of hydrogen-bond acceptors (Lipinski definition) is 5. The number of carbonyl (C=O) groups excluding carboxylic acids is 1. The molecule has 8 nitrogen and oxygen atoms in total. The molecule has 2 rings (SSSR count). The second-order valence-electron chi connectivity index (χ2n) is 5.17. The van der Waals surface area contributed by atoms with Gasteiger partial charge in [0.25, 0.3) is 0 Å². The summed E-state index contributed by atoms with van der Waals surface area (Å²) in [7, 11) is -0.117. The van der Waals surface area contributed by atoms with Gasteiger partial charge in [0.1, 0.15) is 6.04 Å². The van der Waals surface area contributed by atoms with Crippen molar-refractivity contribution in [3.05, 3.63) is 48.3 Å². The molecule has 1 amide bonds. The molecule has 130 valence electrons. The highest BCUT2D eigenvalue weighted by Crippen LogP contribution is 2.11. The molecule has 1 aromatic carbocycles. The molecule has 0 radical (unpaired) electrons. The molecule has 1 unspecified atom stereocenters. The standard InChI is InChI=1S/C15H21N5O3S/c1-16-14(12-10-18-20(2)11-12)15(21)17-8-9-19-24(22,23)13-6-4-3-5-7-13/h3-7,10-11,14,16,19H,8-9H2,1-2H3,(H,17,21). The summed E-state index contributed by atoms with van der Waals surface area (Å²) >= 11 is 0. The Morgan fingerprint density at radius 2 is 1.96 bits per heavy atom. The maximum Gasteiger partial charge on any atom is 0.241 e. The number of hydrogen-bond donors (Lipinski definition) is 3. The highest BCUT2D eigenvalue weighted by atomic mass is 32.2. The Morgan fingerprint density at radius 1 is 1.25 bits per heavy atom. The molecule has 0 spiro atoms. The molecule has 1 atom stereocenters. The van der Waals surface area contributed by atoms with Gasteiger partial charge in [0.2, 0.25) is 15.9 Å². The van der Waals surface area contributed by atoms with Gasteiger partial charge in [0, 0.05) is 31.9 Å². The summed E-state index contributed by atoms with van der Waals surface area (Å²) in [5.74, 6) is -0.246. The van der Waals surface area contributed by atoms with Crippen LogP contribution in [0.1, 0.15) is 11.6 Å². The fourth-order valence-electron chi connectivity index (χ4n) is 2.19. The van der Waals surface area contributed by atoms with E-state index in [9.17, 15) is 13.2 Å². The van der Waals surface area contributed by atoms with Crippen LogP contribution in [0.4, 0.5) is 0 Å². The van der Waals surface area contributed by atoms with Crippen molar-refractivity contribution in [2.75, 3.05) is 20.1 Å². The average Bonchev–Trinajstić information content (AvgIpc) is 2.99. The third kappa shape index (κ3) is 4.63. The largest absolute Gasteiger partial charge is 0.353 e. The van der Waals surface area contributed by atoms with Crippen LogP contribution in [0.15, 0.2) is 47.6 Å². The molecule has 1 heterocycles. The minimum absolute atomic E-state index is 0.104. The third-order valence-electron chi connectivity index (χ3n) is 3.38. The molecule has 1 aromatic heterocycles. The maximum atomic E-state index is 12.2. The topological polar surface area (TPSA) is 105 Å². The van der Waals surface area contributed by atoms with Crippen LogP contribution in [0.3, 0.4) is 0 Å². The molecule has 3 N–H and O–H groups in total. The number of amides is 1. The Labute approximate surface area is 141 Å². The number of rotatable bonds is 8. The smallest absolute Gasteiger partial charge is 0.241 e. The lowest BCUT2D eigenvalue weighted by Gasteiger charge is -2.14. The fourth-order valence-corrected chi connectivity index (χ4v) is 3.25. The van der Waals surface area contributed by atoms with E-state index in [4.69, 9.17) is 0 Å². The number of benzene rings is 1. The summed E-state index contributed by atoms with van der Waals surface area (Å²) in [5.41, 5.74) is 0.738. The molecule has 0 aliphatic heterocycles. The number of aromatic nitrogens is 2. The number of sulfonamides is 1. The molecular formula is C15H21N5O3S. The summed E-state index contributed by atoms with van der Waals surface area (Å²) in [5, 5.41) is 9.65. The van der Waals surface area contributed by atoms with Crippen LogP contribution in [0.5, 0.6) is 0 Å². The van der Waals surface area contributed by atoms with E-state index < -0.39 is 16.1 Å². The van der Waals surface area contributed by atoms with Crippen molar-refractivity contribution in [1.29, 1.82) is 0 Å². The SMILES string of the molecule is CNC(C(=O)NCCNS(=O)(=O)c1ccccc1)c1cnn(C)c1. The van der Waals surface area contributed by atoms with Crippen LogP contribution in [-0.2, 0) is 21.9 Å². The van der Waals surface area contributed by atoms with Crippen molar-refractivity contribution in [3.8, 4) is 0 Å². The second-order valence-corrected chi connectivity index (χ2v) is 6.94. The van der Waals surface area contributed by atoms with Gasteiger partial charge in [-0.1, -0.05) is 18.2 Å². The van der Waals surface area contributed by atoms with Crippen molar-refractivity contribution in [2.45, 2.75) is 10.9 Å². The molecule has 0 fully saturated rings. The number of nitrogens with one attached hydrogen (secondary N) is 3. The van der Waals surface area contributed by atoms with Crippen molar-refractivity contribution < 1.29 is 13.2 Å². The average molecular weight is 351 g/mol. The Kier molecular flexibility index (Phi) is 6.07. The van der Waals surface area contributed by atoms with Gasteiger partial charge in [-0.2, -0.15) is 5.10 Å². The van der Waals surface area contributed by atoms with E-state index in [1.54, 1.807) is 49.4 Å². The van der Waals surface area contributed by atoms with Gasteiger partial charge in [0.15, 0.2) is 0 Å². The highest BCUT2D eigenvalue weighted by Gasteiger charge is 2.20. The van der Waals surface area contributed by atoms with E-state index in [-0.39, 0.29) is 23.9 Å². The second kappa shape index (κ2) is 8.04. The van der Waals surface area contributed by atoms with Crippen LogP contribution < -0.4 is 15.4 Å². The Morgan fingerprint density at radius 3 is 2.54 bits per heavy atom. The van der Waals surface area contributed by atoms with Gasteiger partial charge in [0.05, 0.1) is 11.1 Å². The van der Waals surface area contributed by atoms with Gasteiger partial charge >= 0.3 is 0 Å². The first-order chi connectivity index (χ1) is 11.4. The first-order valence-electron chi connectivity index (χ1n) is 7.42. The van der Waals surface area contributed by atoms with Gasteiger partial charge < -0.3 is 10.6 Å². The van der Waals surface area contributed by atoms with Crippen molar-refractivity contribution in [1.82, 2.24) is 25.1 Å². The van der Waals surface area contributed by atoms with E-state index in [1.807, 2.05) is 0 Å². The molecule has 0 aliphatic carbocycles. The lowest BCUT2D eigenvalue weighted by molar-refractivity contribution is -0.123. The third-order valence-corrected chi connectivity index (χ3v) is 4.86. The van der Waals surface area contributed by atoms with Crippen LogP contribution in [0.2, 0.25) is 0 Å². The van der Waals surface area contributed by atoms with Crippen molar-refractivity contribution in [2.24, 2.45) is 7.05 Å². The Hall–Kier alpha value is -2.23. The lowest BCUT2D eigenvalue weighted by Crippen LogP contribution is -2.40. The number of aryl methyl sites for hydroxylation is 1. The number of carbonyl (C=O) groups is 1. The molecule has 9 heteroatoms. The predicted octanol–water partition coefficient (Wildman–Crippen LogP) is -0.225. The molecule has 0 saturated heterocycles. The van der Waals surface area contributed by atoms with Gasteiger partial charge in [-0.15, -0.1) is 0 Å². The van der Waals surface area contributed by atoms with E-state index in [1.165, 1.54) is 12.1 Å². The minimum atomic E-state index is -3.56. The molecule has 24 heavy (non-hydrogen) atoms. The van der Waals surface area contributed by atoms with Crippen LogP contribution in [-0.4, -0.2) is 44.2 Å². The monoisotopic (exact) mass is 351 g/mol. The van der Waals surface area contributed by atoms with Crippen LogP contribution in [0, 0.1) is 0 Å². The predicted molar refractivity (Wildman–Crippen MR) is 89.6 cm³/mol. The van der Waals surface area contributed by atoms with E-state index in [0.29, 0.717) is 0 Å². The lowest BCUT2D eigenvalue weighted by atomic mass is 10.1. The zero-order valence-corrected chi connectivity index (χ0v) is 14.4. The van der Waals surface area contributed by atoms with E-state index in [0.717, 1.165) is 5.56 Å².